The molecule has 20 heavy (non-hydrogen) atoms. The van der Waals surface area contributed by atoms with E-state index in [0.29, 0.717) is 6.54 Å². The zero-order valence-corrected chi connectivity index (χ0v) is 11.3. The summed E-state index contributed by atoms with van der Waals surface area (Å²) >= 11 is 0. The number of imidazole rings is 1. The Hall–Kier alpha value is -2.08. The first-order valence-electron chi connectivity index (χ1n) is 6.70. The Morgan fingerprint density at radius 2 is 2.20 bits per heavy atom. The number of para-hydroxylation sites is 2. The van der Waals surface area contributed by atoms with Crippen molar-refractivity contribution in [2.45, 2.75) is 12.5 Å². The van der Waals surface area contributed by atoms with Crippen molar-refractivity contribution in [2.24, 2.45) is 5.92 Å². The van der Waals surface area contributed by atoms with Crippen molar-refractivity contribution in [3.63, 3.8) is 0 Å². The molecule has 0 bridgehead atoms. The number of fused-ring (bicyclic) bond motifs is 1. The van der Waals surface area contributed by atoms with E-state index in [1.54, 1.807) is 4.57 Å². The lowest BCUT2D eigenvalue weighted by molar-refractivity contribution is -0.147. The molecule has 2 heterocycles. The molecule has 3 rings (SSSR count). The van der Waals surface area contributed by atoms with Crippen LogP contribution in [0.4, 0.5) is 0 Å². The number of esters is 1. The van der Waals surface area contributed by atoms with Gasteiger partial charge in [-0.05, 0) is 25.1 Å². The van der Waals surface area contributed by atoms with Crippen LogP contribution in [0, 0.1) is 5.92 Å². The van der Waals surface area contributed by atoms with Crippen molar-refractivity contribution < 1.29 is 9.53 Å². The normalized spacial score (nSPS) is 22.9. The fourth-order valence-electron chi connectivity index (χ4n) is 2.95. The highest BCUT2D eigenvalue weighted by atomic mass is 16.5. The van der Waals surface area contributed by atoms with Crippen LogP contribution in [0.2, 0.25) is 0 Å². The number of aromatic nitrogens is 2. The highest BCUT2D eigenvalue weighted by molar-refractivity contribution is 5.77. The second-order valence-corrected chi connectivity index (χ2v) is 5.01. The van der Waals surface area contributed by atoms with Gasteiger partial charge in [0.1, 0.15) is 0 Å². The summed E-state index contributed by atoms with van der Waals surface area (Å²) in [6.45, 7) is 1.31. The first kappa shape index (κ1) is 12.9. The highest BCUT2D eigenvalue weighted by Gasteiger charge is 2.34. The fraction of sp³-hybridized carbons (Fsp3) is 0.429. The number of piperidine rings is 1. The molecule has 6 nitrogen and oxygen atoms in total. The summed E-state index contributed by atoms with van der Waals surface area (Å²) in [5, 5.41) is 3.18. The van der Waals surface area contributed by atoms with E-state index < -0.39 is 0 Å². The van der Waals surface area contributed by atoms with Gasteiger partial charge in [0.05, 0.1) is 30.1 Å². The van der Waals surface area contributed by atoms with Crippen LogP contribution in [0.25, 0.3) is 11.0 Å². The maximum atomic E-state index is 12.2. The maximum absolute atomic E-state index is 12.2. The Bertz CT molecular complexity index is 688. The first-order valence-corrected chi connectivity index (χ1v) is 6.70. The van der Waals surface area contributed by atoms with Crippen LogP contribution in [0.1, 0.15) is 12.5 Å². The molecule has 1 aliphatic heterocycles. The molecule has 1 aromatic carbocycles. The van der Waals surface area contributed by atoms with Crippen molar-refractivity contribution in [3.8, 4) is 0 Å². The van der Waals surface area contributed by atoms with Crippen molar-refractivity contribution >= 4 is 17.0 Å². The topological polar surface area (TPSA) is 76.1 Å². The van der Waals surface area contributed by atoms with E-state index in [2.05, 4.69) is 10.3 Å². The number of hydrogen-bond acceptors (Lipinski definition) is 4. The van der Waals surface area contributed by atoms with Crippen molar-refractivity contribution in [1.82, 2.24) is 14.9 Å². The molecule has 106 valence electrons. The summed E-state index contributed by atoms with van der Waals surface area (Å²) in [6, 6.07) is 7.35. The van der Waals surface area contributed by atoms with E-state index >= 15 is 0 Å². The lowest BCUT2D eigenvalue weighted by Gasteiger charge is -2.31. The number of rotatable bonds is 2. The van der Waals surface area contributed by atoms with Gasteiger partial charge in [-0.25, -0.2) is 4.79 Å². The lowest BCUT2D eigenvalue weighted by atomic mass is 9.93. The highest BCUT2D eigenvalue weighted by Crippen LogP contribution is 2.27. The Labute approximate surface area is 115 Å². The molecule has 0 amide bonds. The van der Waals surface area contributed by atoms with Gasteiger partial charge < -0.3 is 15.0 Å². The number of H-pyrrole nitrogens is 1. The second kappa shape index (κ2) is 5.13. The Morgan fingerprint density at radius 3 is 3.00 bits per heavy atom. The third-order valence-corrected chi connectivity index (χ3v) is 3.91. The molecular formula is C14H17N3O3. The molecule has 0 aliphatic carbocycles. The molecule has 0 radical (unpaired) electrons. The number of nitrogens with one attached hydrogen (secondary N) is 2. The summed E-state index contributed by atoms with van der Waals surface area (Å²) in [7, 11) is 1.38. The van der Waals surface area contributed by atoms with Crippen molar-refractivity contribution in [1.29, 1.82) is 0 Å². The van der Waals surface area contributed by atoms with Gasteiger partial charge in [0.15, 0.2) is 0 Å². The predicted molar refractivity (Wildman–Crippen MR) is 74.6 cm³/mol. The molecule has 1 aromatic heterocycles. The number of hydrogen-bond donors (Lipinski definition) is 2. The van der Waals surface area contributed by atoms with Gasteiger partial charge in [-0.15, -0.1) is 0 Å². The third kappa shape index (κ3) is 2.02. The van der Waals surface area contributed by atoms with E-state index in [1.165, 1.54) is 7.11 Å². The van der Waals surface area contributed by atoms with E-state index in [4.69, 9.17) is 4.74 Å². The molecule has 1 saturated heterocycles. The number of aromatic amines is 1. The van der Waals surface area contributed by atoms with Crippen molar-refractivity contribution in [3.05, 3.63) is 34.7 Å². The number of carbonyl (C=O) groups excluding carboxylic acids is 1. The van der Waals surface area contributed by atoms with Gasteiger partial charge in [-0.1, -0.05) is 12.1 Å². The molecule has 0 spiro atoms. The molecule has 2 unspecified atom stereocenters. The first-order chi connectivity index (χ1) is 9.72. The molecule has 1 fully saturated rings. The summed E-state index contributed by atoms with van der Waals surface area (Å²) in [5.74, 6) is -0.620. The van der Waals surface area contributed by atoms with E-state index in [-0.39, 0.29) is 23.6 Å². The van der Waals surface area contributed by atoms with Gasteiger partial charge in [0.25, 0.3) is 0 Å². The number of methoxy groups -OCH3 is 1. The van der Waals surface area contributed by atoms with E-state index in [0.717, 1.165) is 24.0 Å². The zero-order valence-electron chi connectivity index (χ0n) is 11.3. The van der Waals surface area contributed by atoms with Gasteiger partial charge in [0, 0.05) is 6.54 Å². The number of nitrogens with zero attached hydrogens (tertiary/aromatic N) is 1. The zero-order chi connectivity index (χ0) is 14.1. The van der Waals surface area contributed by atoms with Gasteiger partial charge in [-0.2, -0.15) is 0 Å². The standard InChI is InChI=1S/C14H17N3O3/c1-20-13(18)9-8-15-7-6-11(9)17-12-5-3-2-4-10(12)16-14(17)19/h2-5,9,11,15H,6-8H2,1H3,(H,16,19). The smallest absolute Gasteiger partial charge is 0.326 e. The van der Waals surface area contributed by atoms with Crippen LogP contribution in [0.15, 0.2) is 29.1 Å². The van der Waals surface area contributed by atoms with Gasteiger partial charge >= 0.3 is 11.7 Å². The molecule has 2 atom stereocenters. The third-order valence-electron chi connectivity index (χ3n) is 3.91. The van der Waals surface area contributed by atoms with Crippen LogP contribution in [-0.4, -0.2) is 35.7 Å². The Kier molecular flexibility index (Phi) is 3.31. The number of benzene rings is 1. The SMILES string of the molecule is COC(=O)C1CNCCC1n1c(=O)[nH]c2ccccc21. The van der Waals surface area contributed by atoms with E-state index in [1.807, 2.05) is 24.3 Å². The fourth-order valence-corrected chi connectivity index (χ4v) is 2.95. The Balaban J connectivity index is 2.10. The minimum atomic E-state index is -0.342. The minimum absolute atomic E-state index is 0.174. The summed E-state index contributed by atoms with van der Waals surface area (Å²) in [4.78, 5) is 27.0. The van der Waals surface area contributed by atoms with Crippen LogP contribution in [-0.2, 0) is 9.53 Å². The monoisotopic (exact) mass is 275 g/mol. The molecular weight excluding hydrogens is 258 g/mol. The average molecular weight is 275 g/mol. The quantitative estimate of drug-likeness (QED) is 0.789. The lowest BCUT2D eigenvalue weighted by Crippen LogP contribution is -2.44. The largest absolute Gasteiger partial charge is 0.469 e. The summed E-state index contributed by atoms with van der Waals surface area (Å²) < 4.78 is 6.56. The summed E-state index contributed by atoms with van der Waals surface area (Å²) in [5.41, 5.74) is 1.45. The summed E-state index contributed by atoms with van der Waals surface area (Å²) in [6.07, 6.45) is 0.724. The molecule has 6 heteroatoms. The van der Waals surface area contributed by atoms with E-state index in [9.17, 15) is 9.59 Å². The molecule has 2 aromatic rings. The number of carbonyl (C=O) groups is 1. The minimum Gasteiger partial charge on any atom is -0.469 e. The predicted octanol–water partition coefficient (Wildman–Crippen LogP) is 0.653. The van der Waals surface area contributed by atoms with Gasteiger partial charge in [-0.3, -0.25) is 9.36 Å². The van der Waals surface area contributed by atoms with Crippen molar-refractivity contribution in [2.75, 3.05) is 20.2 Å². The maximum Gasteiger partial charge on any atom is 0.326 e. The van der Waals surface area contributed by atoms with Crippen LogP contribution < -0.4 is 11.0 Å². The van der Waals surface area contributed by atoms with Crippen LogP contribution in [0.3, 0.4) is 0 Å². The molecule has 1 aliphatic rings. The Morgan fingerprint density at radius 1 is 1.40 bits per heavy atom. The molecule has 0 saturated carbocycles. The number of ether oxygens (including phenoxy) is 1. The van der Waals surface area contributed by atoms with Crippen LogP contribution >= 0.6 is 0 Å². The molecule has 2 N–H and O–H groups in total. The van der Waals surface area contributed by atoms with Crippen LogP contribution in [0.5, 0.6) is 0 Å². The second-order valence-electron chi connectivity index (χ2n) is 5.01. The average Bonchev–Trinajstić information content (AvgIpc) is 2.82. The van der Waals surface area contributed by atoms with Gasteiger partial charge in [0.2, 0.25) is 0 Å².